The summed E-state index contributed by atoms with van der Waals surface area (Å²) in [6.45, 7) is -0.820. The van der Waals surface area contributed by atoms with Gasteiger partial charge in [0.2, 0.25) is 9.84 Å². The van der Waals surface area contributed by atoms with Crippen molar-refractivity contribution < 1.29 is 17.5 Å². The fourth-order valence-corrected chi connectivity index (χ4v) is 3.70. The zero-order chi connectivity index (χ0) is 11.6. The summed E-state index contributed by atoms with van der Waals surface area (Å²) in [5.41, 5.74) is -0.0688. The second kappa shape index (κ2) is 4.51. The highest BCUT2D eigenvalue weighted by molar-refractivity contribution is 7.92. The Kier molecular flexibility index (Phi) is 3.25. The number of aryl methyl sites for hydroxylation is 1. The third kappa shape index (κ3) is 1.97. The molecule has 1 aliphatic rings. The summed E-state index contributed by atoms with van der Waals surface area (Å²) in [4.78, 5) is 0.324. The predicted octanol–water partition coefficient (Wildman–Crippen LogP) is 1.72. The van der Waals surface area contributed by atoms with Crippen LogP contribution in [0.15, 0.2) is 29.2 Å². The van der Waals surface area contributed by atoms with Gasteiger partial charge in [0, 0.05) is 0 Å². The molecule has 0 N–H and O–H groups in total. The van der Waals surface area contributed by atoms with E-state index < -0.39 is 21.9 Å². The lowest BCUT2D eigenvalue weighted by Gasteiger charge is -2.24. The van der Waals surface area contributed by atoms with E-state index in [1.54, 1.807) is 18.2 Å². The Hall–Kier alpha value is -0.940. The average molecular weight is 244 g/mol. The summed E-state index contributed by atoms with van der Waals surface area (Å²) in [5.74, 6) is 0. The molecule has 1 aromatic rings. The van der Waals surface area contributed by atoms with Gasteiger partial charge in [-0.3, -0.25) is 0 Å². The highest BCUT2D eigenvalue weighted by atomic mass is 32.2. The van der Waals surface area contributed by atoms with E-state index in [4.69, 9.17) is 4.74 Å². The maximum atomic E-state index is 12.1. The molecule has 0 amide bonds. The normalized spacial score (nSPS) is 22.7. The molecule has 1 aliphatic heterocycles. The molecule has 0 bridgehead atoms. The maximum absolute atomic E-state index is 12.1. The molecule has 1 atom stereocenters. The number of hydrogen-bond donors (Lipinski definition) is 0. The first-order chi connectivity index (χ1) is 7.66. The molecule has 16 heavy (non-hydrogen) atoms. The molecular formula is C11H13FO3S. The van der Waals surface area contributed by atoms with Gasteiger partial charge < -0.3 is 4.74 Å². The summed E-state index contributed by atoms with van der Waals surface area (Å²) < 4.78 is 41.1. The standard InChI is InChI=1S/C11H13FO3S/c12-7-8-15-11-6-5-9-3-1-2-4-10(9)16(11,13)14/h1-4,11H,5-8H2. The molecule has 0 radical (unpaired) electrons. The molecule has 0 aliphatic carbocycles. The number of halogens is 1. The largest absolute Gasteiger partial charge is 0.359 e. The molecule has 2 rings (SSSR count). The molecular weight excluding hydrogens is 231 g/mol. The summed E-state index contributed by atoms with van der Waals surface area (Å²) in [7, 11) is -3.44. The van der Waals surface area contributed by atoms with Gasteiger partial charge in [-0.15, -0.1) is 0 Å². The maximum Gasteiger partial charge on any atom is 0.205 e. The molecule has 0 aromatic heterocycles. The zero-order valence-corrected chi connectivity index (χ0v) is 9.54. The first-order valence-corrected chi connectivity index (χ1v) is 6.70. The average Bonchev–Trinajstić information content (AvgIpc) is 2.28. The number of alkyl halides is 1. The second-order valence-corrected chi connectivity index (χ2v) is 5.74. The van der Waals surface area contributed by atoms with Crippen molar-refractivity contribution in [2.75, 3.05) is 13.3 Å². The van der Waals surface area contributed by atoms with Gasteiger partial charge in [-0.1, -0.05) is 18.2 Å². The van der Waals surface area contributed by atoms with Crippen molar-refractivity contribution in [3.63, 3.8) is 0 Å². The Labute approximate surface area is 94.2 Å². The van der Waals surface area contributed by atoms with Crippen molar-refractivity contribution in [3.05, 3.63) is 29.8 Å². The van der Waals surface area contributed by atoms with E-state index in [2.05, 4.69) is 0 Å². The Bertz CT molecular complexity index is 470. The molecule has 0 saturated heterocycles. The number of sulfone groups is 1. The van der Waals surface area contributed by atoms with Crippen LogP contribution in [0.2, 0.25) is 0 Å². The second-order valence-electron chi connectivity index (χ2n) is 3.68. The van der Waals surface area contributed by atoms with Crippen LogP contribution in [-0.2, 0) is 21.0 Å². The van der Waals surface area contributed by atoms with Crippen LogP contribution in [0.1, 0.15) is 12.0 Å². The summed E-state index contributed by atoms with van der Waals surface area (Å²) in [6, 6.07) is 6.89. The van der Waals surface area contributed by atoms with Gasteiger partial charge in [0.25, 0.3) is 0 Å². The molecule has 0 fully saturated rings. The van der Waals surface area contributed by atoms with Crippen molar-refractivity contribution in [2.45, 2.75) is 23.2 Å². The van der Waals surface area contributed by atoms with Crippen LogP contribution in [0.5, 0.6) is 0 Å². The van der Waals surface area contributed by atoms with Crippen LogP contribution < -0.4 is 0 Å². The molecule has 1 unspecified atom stereocenters. The van der Waals surface area contributed by atoms with Crippen LogP contribution in [0.25, 0.3) is 0 Å². The van der Waals surface area contributed by atoms with Gasteiger partial charge in [0.15, 0.2) is 5.44 Å². The van der Waals surface area contributed by atoms with Gasteiger partial charge in [-0.2, -0.15) is 0 Å². The lowest BCUT2D eigenvalue weighted by atomic mass is 10.1. The predicted molar refractivity (Wildman–Crippen MR) is 57.7 cm³/mol. The molecule has 0 saturated carbocycles. The molecule has 1 heterocycles. The van der Waals surface area contributed by atoms with Gasteiger partial charge >= 0.3 is 0 Å². The molecule has 88 valence electrons. The van der Waals surface area contributed by atoms with Crippen LogP contribution in [0.4, 0.5) is 4.39 Å². The van der Waals surface area contributed by atoms with E-state index in [1.165, 1.54) is 0 Å². The molecule has 3 nitrogen and oxygen atoms in total. The van der Waals surface area contributed by atoms with Crippen molar-refractivity contribution in [1.29, 1.82) is 0 Å². The number of benzene rings is 1. The van der Waals surface area contributed by atoms with Crippen LogP contribution in [0.3, 0.4) is 0 Å². The Balaban J connectivity index is 2.32. The third-order valence-electron chi connectivity index (χ3n) is 2.66. The minimum atomic E-state index is -3.44. The van der Waals surface area contributed by atoms with Gasteiger partial charge in [0.05, 0.1) is 11.5 Å². The number of fused-ring (bicyclic) bond motifs is 1. The quantitative estimate of drug-likeness (QED) is 0.813. The number of ether oxygens (including phenoxy) is 1. The third-order valence-corrected chi connectivity index (χ3v) is 4.73. The number of rotatable bonds is 3. The van der Waals surface area contributed by atoms with Gasteiger partial charge in [0.1, 0.15) is 6.67 Å². The fourth-order valence-electron chi connectivity index (χ4n) is 1.91. The smallest absolute Gasteiger partial charge is 0.205 e. The van der Waals surface area contributed by atoms with E-state index in [0.29, 0.717) is 17.7 Å². The monoisotopic (exact) mass is 244 g/mol. The van der Waals surface area contributed by atoms with Crippen molar-refractivity contribution in [3.8, 4) is 0 Å². The van der Waals surface area contributed by atoms with Crippen LogP contribution >= 0.6 is 0 Å². The zero-order valence-electron chi connectivity index (χ0n) is 8.73. The minimum absolute atomic E-state index is 0.161. The van der Waals surface area contributed by atoms with Crippen LogP contribution in [0, 0.1) is 0 Å². The Morgan fingerprint density at radius 2 is 2.12 bits per heavy atom. The van der Waals surface area contributed by atoms with Gasteiger partial charge in [-0.25, -0.2) is 12.8 Å². The first kappa shape index (κ1) is 11.5. The fraction of sp³-hybridized carbons (Fsp3) is 0.455. The Morgan fingerprint density at radius 3 is 2.88 bits per heavy atom. The molecule has 0 spiro atoms. The van der Waals surface area contributed by atoms with E-state index in [9.17, 15) is 12.8 Å². The van der Waals surface area contributed by atoms with E-state index in [-0.39, 0.29) is 6.61 Å². The minimum Gasteiger partial charge on any atom is -0.359 e. The van der Waals surface area contributed by atoms with Crippen LogP contribution in [-0.4, -0.2) is 27.1 Å². The highest BCUT2D eigenvalue weighted by Crippen LogP contribution is 2.29. The van der Waals surface area contributed by atoms with Crippen molar-refractivity contribution in [1.82, 2.24) is 0 Å². The lowest BCUT2D eigenvalue weighted by Crippen LogP contribution is -2.30. The lowest BCUT2D eigenvalue weighted by molar-refractivity contribution is 0.0859. The first-order valence-electron chi connectivity index (χ1n) is 5.15. The van der Waals surface area contributed by atoms with Crippen molar-refractivity contribution in [2.24, 2.45) is 0 Å². The number of hydrogen-bond acceptors (Lipinski definition) is 3. The topological polar surface area (TPSA) is 43.4 Å². The molecule has 5 heteroatoms. The SMILES string of the molecule is O=S1(=O)c2ccccc2CCC1OCCF. The van der Waals surface area contributed by atoms with E-state index in [1.807, 2.05) is 6.07 Å². The van der Waals surface area contributed by atoms with E-state index >= 15 is 0 Å². The summed E-state index contributed by atoms with van der Waals surface area (Å²) in [6.07, 6.45) is 1.06. The Morgan fingerprint density at radius 1 is 1.38 bits per heavy atom. The summed E-state index contributed by atoms with van der Waals surface area (Å²) >= 11 is 0. The summed E-state index contributed by atoms with van der Waals surface area (Å²) in [5, 5.41) is 0. The molecule has 1 aromatic carbocycles. The highest BCUT2D eigenvalue weighted by Gasteiger charge is 2.33. The van der Waals surface area contributed by atoms with Crippen molar-refractivity contribution >= 4 is 9.84 Å². The van der Waals surface area contributed by atoms with E-state index in [0.717, 1.165) is 5.56 Å². The van der Waals surface area contributed by atoms with Gasteiger partial charge in [-0.05, 0) is 24.5 Å².